The lowest BCUT2D eigenvalue weighted by atomic mass is 10.0. The molecule has 4 heteroatoms. The molecule has 0 aliphatic carbocycles. The summed E-state index contributed by atoms with van der Waals surface area (Å²) in [6.07, 6.45) is 1.76. The van der Waals surface area contributed by atoms with Crippen LogP contribution in [0.25, 0.3) is 0 Å². The van der Waals surface area contributed by atoms with Crippen molar-refractivity contribution in [1.82, 2.24) is 0 Å². The van der Waals surface area contributed by atoms with Gasteiger partial charge in [-0.05, 0) is 23.7 Å². The molecule has 0 N–H and O–H groups in total. The van der Waals surface area contributed by atoms with Gasteiger partial charge in [0.1, 0.15) is 0 Å². The minimum atomic E-state index is -1.87. The number of benzene rings is 2. The molecule has 3 nitrogen and oxygen atoms in total. The van der Waals surface area contributed by atoms with Gasteiger partial charge in [-0.25, -0.2) is 4.74 Å². The van der Waals surface area contributed by atoms with Crippen LogP contribution in [0.15, 0.2) is 60.7 Å². The summed E-state index contributed by atoms with van der Waals surface area (Å²) < 4.78 is 7.43. The maximum atomic E-state index is 12.5. The molecular weight excluding hydrogens is 338 g/mol. The molecule has 1 atom stereocenters. The number of hydrogen-bond acceptors (Lipinski definition) is 2. The standard InChI is InChI=1S/C22H31NO2Si/c1-22(2,3)26(4,5)25-18-21(20-14-10-7-11-15-20)17-23(24)16-19-12-8-6-9-13-19/h6-15,17,21H,16,18H2,1-5H3/b23-17-. The van der Waals surface area contributed by atoms with Gasteiger partial charge >= 0.3 is 0 Å². The van der Waals surface area contributed by atoms with Crippen molar-refractivity contribution in [3.63, 3.8) is 0 Å². The second kappa shape index (κ2) is 8.65. The van der Waals surface area contributed by atoms with E-state index >= 15 is 0 Å². The third kappa shape index (κ3) is 5.82. The molecule has 0 aliphatic rings. The van der Waals surface area contributed by atoms with E-state index < -0.39 is 8.32 Å². The van der Waals surface area contributed by atoms with Gasteiger partial charge in [-0.15, -0.1) is 0 Å². The van der Waals surface area contributed by atoms with Crippen LogP contribution in [0.4, 0.5) is 0 Å². The molecule has 0 aromatic heterocycles. The molecule has 0 heterocycles. The second-order valence-electron chi connectivity index (χ2n) is 8.30. The number of hydrogen-bond donors (Lipinski definition) is 0. The maximum absolute atomic E-state index is 12.5. The molecule has 140 valence electrons. The summed E-state index contributed by atoms with van der Waals surface area (Å²) in [5.74, 6) is -0.0495. The van der Waals surface area contributed by atoms with E-state index in [1.54, 1.807) is 6.21 Å². The van der Waals surface area contributed by atoms with Gasteiger partial charge in [0.2, 0.25) is 0 Å². The van der Waals surface area contributed by atoms with Gasteiger partial charge in [-0.3, -0.25) is 0 Å². The van der Waals surface area contributed by atoms with Gasteiger partial charge in [-0.1, -0.05) is 81.4 Å². The minimum absolute atomic E-state index is 0.0495. The number of nitrogens with zero attached hydrogens (tertiary/aromatic N) is 1. The fourth-order valence-corrected chi connectivity index (χ4v) is 3.49. The van der Waals surface area contributed by atoms with Gasteiger partial charge in [0.05, 0.1) is 12.5 Å². The van der Waals surface area contributed by atoms with Crippen LogP contribution < -0.4 is 0 Å². The number of hydroxylamine groups is 1. The molecule has 2 rings (SSSR count). The normalized spacial score (nSPS) is 14.3. The van der Waals surface area contributed by atoms with E-state index in [9.17, 15) is 5.21 Å². The lowest BCUT2D eigenvalue weighted by Crippen LogP contribution is -2.42. The fraction of sp³-hybridized carbons (Fsp3) is 0.409. The predicted octanol–water partition coefficient (Wildman–Crippen LogP) is 5.57. The molecule has 26 heavy (non-hydrogen) atoms. The highest BCUT2D eigenvalue weighted by atomic mass is 28.4. The van der Waals surface area contributed by atoms with Crippen molar-refractivity contribution in [1.29, 1.82) is 0 Å². The predicted molar refractivity (Wildman–Crippen MR) is 112 cm³/mol. The van der Waals surface area contributed by atoms with Crippen LogP contribution in [-0.2, 0) is 11.0 Å². The van der Waals surface area contributed by atoms with E-state index in [0.29, 0.717) is 13.2 Å². The third-order valence-corrected chi connectivity index (χ3v) is 9.69. The van der Waals surface area contributed by atoms with Crippen molar-refractivity contribution in [3.05, 3.63) is 77.0 Å². The summed E-state index contributed by atoms with van der Waals surface area (Å²) in [5, 5.41) is 12.7. The Morgan fingerprint density at radius 1 is 1.00 bits per heavy atom. The molecule has 0 amide bonds. The van der Waals surface area contributed by atoms with Gasteiger partial charge in [0.15, 0.2) is 21.1 Å². The molecule has 1 unspecified atom stereocenters. The molecular formula is C22H31NO2Si. The smallest absolute Gasteiger partial charge is 0.192 e. The van der Waals surface area contributed by atoms with Crippen LogP contribution in [0.1, 0.15) is 37.8 Å². The Balaban J connectivity index is 2.18. The van der Waals surface area contributed by atoms with Crippen LogP contribution in [-0.4, -0.2) is 25.9 Å². The lowest BCUT2D eigenvalue weighted by molar-refractivity contribution is -0.471. The Kier molecular flexibility index (Phi) is 6.79. The third-order valence-electron chi connectivity index (χ3n) is 5.19. The highest BCUT2D eigenvalue weighted by Crippen LogP contribution is 2.37. The van der Waals surface area contributed by atoms with Gasteiger partial charge in [0, 0.05) is 5.56 Å². The first-order valence-corrected chi connectivity index (χ1v) is 12.1. The van der Waals surface area contributed by atoms with Crippen molar-refractivity contribution < 1.29 is 9.16 Å². The largest absolute Gasteiger partial charge is 0.624 e. The van der Waals surface area contributed by atoms with E-state index in [4.69, 9.17) is 4.43 Å². The van der Waals surface area contributed by atoms with Gasteiger partial charge < -0.3 is 9.63 Å². The Morgan fingerprint density at radius 3 is 2.08 bits per heavy atom. The molecule has 0 spiro atoms. The first kappa shape index (κ1) is 20.4. The van der Waals surface area contributed by atoms with Crippen LogP contribution >= 0.6 is 0 Å². The molecule has 2 aromatic rings. The van der Waals surface area contributed by atoms with Crippen LogP contribution in [0.3, 0.4) is 0 Å². The monoisotopic (exact) mass is 369 g/mol. The number of rotatable bonds is 7. The van der Waals surface area contributed by atoms with Crippen molar-refractivity contribution in [2.24, 2.45) is 0 Å². The summed E-state index contributed by atoms with van der Waals surface area (Å²) in [6.45, 7) is 12.1. The van der Waals surface area contributed by atoms with E-state index in [1.807, 2.05) is 48.5 Å². The van der Waals surface area contributed by atoms with Crippen molar-refractivity contribution in [3.8, 4) is 0 Å². The topological polar surface area (TPSA) is 35.3 Å². The van der Waals surface area contributed by atoms with Crippen LogP contribution in [0, 0.1) is 5.21 Å². The molecule has 2 aromatic carbocycles. The van der Waals surface area contributed by atoms with E-state index in [0.717, 1.165) is 15.9 Å². The molecule has 0 saturated carbocycles. The molecule has 0 fully saturated rings. The first-order chi connectivity index (χ1) is 12.2. The van der Waals surface area contributed by atoms with Crippen LogP contribution in [0.5, 0.6) is 0 Å². The molecule has 0 bridgehead atoms. The Hall–Kier alpha value is -1.91. The summed E-state index contributed by atoms with van der Waals surface area (Å²) in [4.78, 5) is 0. The summed E-state index contributed by atoms with van der Waals surface area (Å²) in [7, 11) is -1.87. The highest BCUT2D eigenvalue weighted by molar-refractivity contribution is 6.74. The van der Waals surface area contributed by atoms with E-state index in [-0.39, 0.29) is 11.0 Å². The summed E-state index contributed by atoms with van der Waals surface area (Å²) in [5.41, 5.74) is 2.12. The molecule has 0 aliphatic heterocycles. The van der Waals surface area contributed by atoms with Crippen LogP contribution in [0.2, 0.25) is 18.1 Å². The zero-order valence-corrected chi connectivity index (χ0v) is 17.6. The average molecular weight is 370 g/mol. The van der Waals surface area contributed by atoms with E-state index in [2.05, 4.69) is 46.0 Å². The van der Waals surface area contributed by atoms with Crippen molar-refractivity contribution in [2.45, 2.75) is 51.4 Å². The minimum Gasteiger partial charge on any atom is -0.624 e. The summed E-state index contributed by atoms with van der Waals surface area (Å²) in [6, 6.07) is 20.0. The average Bonchev–Trinajstić information content (AvgIpc) is 2.59. The Labute approximate surface area is 159 Å². The maximum Gasteiger partial charge on any atom is 0.192 e. The fourth-order valence-electron chi connectivity index (χ4n) is 2.46. The zero-order valence-electron chi connectivity index (χ0n) is 16.6. The highest BCUT2D eigenvalue weighted by Gasteiger charge is 2.37. The lowest BCUT2D eigenvalue weighted by Gasteiger charge is -2.36. The van der Waals surface area contributed by atoms with E-state index in [1.165, 1.54) is 0 Å². The first-order valence-electron chi connectivity index (χ1n) is 9.20. The van der Waals surface area contributed by atoms with Gasteiger partial charge in [0.25, 0.3) is 0 Å². The van der Waals surface area contributed by atoms with Gasteiger partial charge in [-0.2, -0.15) is 0 Å². The summed E-state index contributed by atoms with van der Waals surface area (Å²) >= 11 is 0. The Morgan fingerprint density at radius 2 is 1.54 bits per heavy atom. The van der Waals surface area contributed by atoms with Crippen molar-refractivity contribution >= 4 is 14.5 Å². The second-order valence-corrected chi connectivity index (χ2v) is 13.1. The molecule has 0 saturated heterocycles. The Bertz CT molecular complexity index is 706. The zero-order chi connectivity index (χ0) is 19.2. The van der Waals surface area contributed by atoms with Crippen molar-refractivity contribution in [2.75, 3.05) is 6.61 Å². The quantitative estimate of drug-likeness (QED) is 0.210. The SMILES string of the molecule is CC(C)(C)[Si](C)(C)OCC(/C=[N+](\[O-])Cc1ccccc1)c1ccccc1. The molecule has 0 radical (unpaired) electrons.